The second kappa shape index (κ2) is 7.87. The van der Waals surface area contributed by atoms with E-state index in [1.165, 1.54) is 0 Å². The number of nitrogens with zero attached hydrogens (tertiary/aromatic N) is 3. The Labute approximate surface area is 161 Å². The first-order valence-corrected chi connectivity index (χ1v) is 11.1. The second-order valence-corrected chi connectivity index (χ2v) is 9.97. The molecule has 1 N–H and O–H groups in total. The van der Waals surface area contributed by atoms with Gasteiger partial charge in [0.05, 0.1) is 35.3 Å². The molecule has 0 unspecified atom stereocenters. The minimum atomic E-state index is -3.38. The number of rotatable bonds is 7. The van der Waals surface area contributed by atoms with Crippen LogP contribution in [0.25, 0.3) is 11.0 Å². The fourth-order valence-electron chi connectivity index (χ4n) is 3.55. The molecule has 2 heterocycles. The van der Waals surface area contributed by atoms with Crippen LogP contribution in [-0.2, 0) is 21.3 Å². The van der Waals surface area contributed by atoms with Crippen LogP contribution in [0.3, 0.4) is 0 Å². The van der Waals surface area contributed by atoms with Gasteiger partial charge in [-0.1, -0.05) is 12.1 Å². The van der Waals surface area contributed by atoms with Crippen LogP contribution in [0.1, 0.15) is 27.7 Å². The van der Waals surface area contributed by atoms with Gasteiger partial charge in [0.25, 0.3) is 0 Å². The van der Waals surface area contributed by atoms with Gasteiger partial charge in [-0.15, -0.1) is 0 Å². The third kappa shape index (κ3) is 5.07. The molecule has 0 radical (unpaired) electrons. The van der Waals surface area contributed by atoms with Crippen molar-refractivity contribution in [3.63, 3.8) is 0 Å². The van der Waals surface area contributed by atoms with Gasteiger partial charge in [-0.25, -0.2) is 18.1 Å². The van der Waals surface area contributed by atoms with Gasteiger partial charge in [-0.05, 0) is 39.8 Å². The van der Waals surface area contributed by atoms with Crippen molar-refractivity contribution in [2.45, 2.75) is 52.0 Å². The smallest absolute Gasteiger partial charge is 0.213 e. The molecule has 1 saturated heterocycles. The normalized spacial score (nSPS) is 22.4. The number of fused-ring (bicyclic) bond motifs is 1. The van der Waals surface area contributed by atoms with E-state index in [0.717, 1.165) is 24.1 Å². The molecule has 0 amide bonds. The standard InChI is InChI=1S/C19H30N4O3S/c1-15-11-23(12-16(2)26-15)19(3,4)13-21-27(24,25)10-9-22-14-20-17-7-5-6-8-18(17)22/h5-8,14-16,21H,9-13H2,1-4H3/t15-,16-/m1/s1. The summed E-state index contributed by atoms with van der Waals surface area (Å²) in [6, 6.07) is 7.73. The molecule has 0 aliphatic carbocycles. The maximum Gasteiger partial charge on any atom is 0.213 e. The minimum Gasteiger partial charge on any atom is -0.373 e. The minimum absolute atomic E-state index is 0.0271. The molecule has 2 aromatic rings. The lowest BCUT2D eigenvalue weighted by Crippen LogP contribution is -2.58. The van der Waals surface area contributed by atoms with Gasteiger partial charge in [0.15, 0.2) is 0 Å². The Morgan fingerprint density at radius 2 is 1.89 bits per heavy atom. The number of morpholine rings is 1. The highest BCUT2D eigenvalue weighted by atomic mass is 32.2. The number of imidazole rings is 1. The molecule has 27 heavy (non-hydrogen) atoms. The summed E-state index contributed by atoms with van der Waals surface area (Å²) < 4.78 is 35.5. The van der Waals surface area contributed by atoms with Crippen LogP contribution in [0.5, 0.6) is 0 Å². The third-order valence-electron chi connectivity index (χ3n) is 5.13. The monoisotopic (exact) mass is 394 g/mol. The van der Waals surface area contributed by atoms with Crippen LogP contribution in [0.4, 0.5) is 0 Å². The van der Waals surface area contributed by atoms with Crippen molar-refractivity contribution in [1.29, 1.82) is 0 Å². The van der Waals surface area contributed by atoms with Crippen LogP contribution in [0.2, 0.25) is 0 Å². The number of aryl methyl sites for hydroxylation is 1. The molecular formula is C19H30N4O3S. The lowest BCUT2D eigenvalue weighted by atomic mass is 10.0. The Hall–Kier alpha value is -1.48. The molecule has 2 atom stereocenters. The zero-order valence-electron chi connectivity index (χ0n) is 16.6. The van der Waals surface area contributed by atoms with Crippen molar-refractivity contribution < 1.29 is 13.2 Å². The van der Waals surface area contributed by atoms with Gasteiger partial charge in [-0.3, -0.25) is 4.90 Å². The molecule has 1 aromatic carbocycles. The molecule has 1 aliphatic heterocycles. The predicted molar refractivity (Wildman–Crippen MR) is 107 cm³/mol. The van der Waals surface area contributed by atoms with Crippen molar-refractivity contribution in [3.8, 4) is 0 Å². The van der Waals surface area contributed by atoms with Gasteiger partial charge >= 0.3 is 0 Å². The first-order valence-electron chi connectivity index (χ1n) is 9.44. The topological polar surface area (TPSA) is 76.5 Å². The van der Waals surface area contributed by atoms with E-state index in [0.29, 0.717) is 13.1 Å². The van der Waals surface area contributed by atoms with Crippen LogP contribution in [0, 0.1) is 0 Å². The predicted octanol–water partition coefficient (Wildman–Crippen LogP) is 1.84. The van der Waals surface area contributed by atoms with Crippen molar-refractivity contribution in [1.82, 2.24) is 19.2 Å². The lowest BCUT2D eigenvalue weighted by molar-refractivity contribution is -0.0945. The summed E-state index contributed by atoms with van der Waals surface area (Å²) in [6.45, 7) is 10.6. The summed E-state index contributed by atoms with van der Waals surface area (Å²) in [4.78, 5) is 6.61. The first-order chi connectivity index (χ1) is 12.7. The molecule has 3 rings (SSSR count). The first kappa shape index (κ1) is 20.3. The highest BCUT2D eigenvalue weighted by molar-refractivity contribution is 7.89. The zero-order valence-corrected chi connectivity index (χ0v) is 17.4. The number of benzene rings is 1. The Morgan fingerprint density at radius 3 is 2.59 bits per heavy atom. The van der Waals surface area contributed by atoms with E-state index >= 15 is 0 Å². The fraction of sp³-hybridized carbons (Fsp3) is 0.632. The number of sulfonamides is 1. The number of nitrogens with one attached hydrogen (secondary N) is 1. The maximum atomic E-state index is 12.5. The van der Waals surface area contributed by atoms with Crippen LogP contribution in [-0.4, -0.2) is 66.0 Å². The zero-order chi connectivity index (χ0) is 19.7. The van der Waals surface area contributed by atoms with E-state index in [-0.39, 0.29) is 23.5 Å². The Kier molecular flexibility index (Phi) is 5.90. The summed E-state index contributed by atoms with van der Waals surface area (Å²) in [6.07, 6.45) is 2.00. The van der Waals surface area contributed by atoms with E-state index in [9.17, 15) is 8.42 Å². The number of ether oxygens (including phenoxy) is 1. The second-order valence-electron chi connectivity index (χ2n) is 8.04. The highest BCUT2D eigenvalue weighted by Gasteiger charge is 2.33. The molecular weight excluding hydrogens is 364 g/mol. The van der Waals surface area contributed by atoms with Crippen LogP contribution >= 0.6 is 0 Å². The molecule has 1 fully saturated rings. The van der Waals surface area contributed by atoms with Crippen molar-refractivity contribution in [2.24, 2.45) is 0 Å². The third-order valence-corrected chi connectivity index (χ3v) is 6.43. The van der Waals surface area contributed by atoms with E-state index < -0.39 is 10.0 Å². The Bertz CT molecular complexity index is 868. The van der Waals surface area contributed by atoms with Crippen LogP contribution in [0.15, 0.2) is 30.6 Å². The maximum absolute atomic E-state index is 12.5. The van der Waals surface area contributed by atoms with E-state index in [2.05, 4.69) is 42.3 Å². The molecule has 8 heteroatoms. The number of hydrogen-bond donors (Lipinski definition) is 1. The molecule has 7 nitrogen and oxygen atoms in total. The van der Waals surface area contributed by atoms with Gasteiger partial charge < -0.3 is 9.30 Å². The van der Waals surface area contributed by atoms with Gasteiger partial charge in [0.1, 0.15) is 0 Å². The highest BCUT2D eigenvalue weighted by Crippen LogP contribution is 2.21. The van der Waals surface area contributed by atoms with Gasteiger partial charge in [0, 0.05) is 31.7 Å². The van der Waals surface area contributed by atoms with Crippen LogP contribution < -0.4 is 4.72 Å². The number of hydrogen-bond acceptors (Lipinski definition) is 5. The quantitative estimate of drug-likeness (QED) is 0.776. The summed E-state index contributed by atoms with van der Waals surface area (Å²) in [5, 5.41) is 0. The fourth-order valence-corrected chi connectivity index (χ4v) is 4.70. The molecule has 0 bridgehead atoms. The molecule has 1 aromatic heterocycles. The largest absolute Gasteiger partial charge is 0.373 e. The SMILES string of the molecule is C[C@@H]1CN(C(C)(C)CNS(=O)(=O)CCn2cnc3ccccc32)C[C@@H](C)O1. The lowest BCUT2D eigenvalue weighted by Gasteiger charge is -2.45. The molecule has 1 aliphatic rings. The summed E-state index contributed by atoms with van der Waals surface area (Å²) in [5.74, 6) is 0.0271. The molecule has 0 spiro atoms. The van der Waals surface area contributed by atoms with Crippen molar-refractivity contribution in [3.05, 3.63) is 30.6 Å². The average Bonchev–Trinajstić information content (AvgIpc) is 3.01. The van der Waals surface area contributed by atoms with Gasteiger partial charge in [0.2, 0.25) is 10.0 Å². The Morgan fingerprint density at radius 1 is 1.22 bits per heavy atom. The van der Waals surface area contributed by atoms with Crippen molar-refractivity contribution >= 4 is 21.1 Å². The van der Waals surface area contributed by atoms with E-state index in [1.807, 2.05) is 28.8 Å². The summed E-state index contributed by atoms with van der Waals surface area (Å²) in [7, 11) is -3.38. The number of para-hydroxylation sites is 2. The summed E-state index contributed by atoms with van der Waals surface area (Å²) in [5.41, 5.74) is 1.55. The molecule has 0 saturated carbocycles. The Balaban J connectivity index is 1.57. The average molecular weight is 395 g/mol. The summed E-state index contributed by atoms with van der Waals surface area (Å²) >= 11 is 0. The van der Waals surface area contributed by atoms with E-state index in [1.54, 1.807) is 6.33 Å². The van der Waals surface area contributed by atoms with E-state index in [4.69, 9.17) is 4.74 Å². The van der Waals surface area contributed by atoms with Crippen molar-refractivity contribution in [2.75, 3.05) is 25.4 Å². The number of aromatic nitrogens is 2. The molecule has 150 valence electrons. The van der Waals surface area contributed by atoms with Gasteiger partial charge in [-0.2, -0.15) is 0 Å².